The van der Waals surface area contributed by atoms with Crippen LogP contribution in [0.25, 0.3) is 111 Å². The molecule has 11 aromatic rings. The summed E-state index contributed by atoms with van der Waals surface area (Å²) < 4.78 is 0. The maximum atomic E-state index is 5.38. The van der Waals surface area contributed by atoms with Crippen molar-refractivity contribution in [3.05, 3.63) is 231 Å². The topological polar surface area (TPSA) is 25.8 Å². The lowest BCUT2D eigenvalue weighted by molar-refractivity contribution is 1.23. The van der Waals surface area contributed by atoms with E-state index in [1.807, 2.05) is 0 Å². The molecule has 1 heterocycles. The van der Waals surface area contributed by atoms with Crippen LogP contribution in [0.1, 0.15) is 0 Å². The van der Waals surface area contributed by atoms with Crippen LogP contribution in [0.5, 0.6) is 0 Å². The van der Waals surface area contributed by atoms with Gasteiger partial charge in [-0.25, -0.2) is 9.97 Å². The minimum Gasteiger partial charge on any atom is -0.228 e. The van der Waals surface area contributed by atoms with Gasteiger partial charge in [-0.1, -0.05) is 182 Å². The van der Waals surface area contributed by atoms with Crippen LogP contribution in [-0.2, 0) is 0 Å². The van der Waals surface area contributed by atoms with Gasteiger partial charge in [0.25, 0.3) is 0 Å². The Morgan fingerprint density at radius 3 is 1.28 bits per heavy atom. The van der Waals surface area contributed by atoms with E-state index < -0.39 is 0 Å². The quantitative estimate of drug-likeness (QED) is 0.151. The van der Waals surface area contributed by atoms with E-state index in [9.17, 15) is 0 Å². The Morgan fingerprint density at radius 2 is 0.667 bits per heavy atom. The summed E-state index contributed by atoms with van der Waals surface area (Å²) in [6, 6.07) is 82.6. The monoisotopic (exact) mass is 762 g/mol. The summed E-state index contributed by atoms with van der Waals surface area (Å²) in [5.74, 6) is 0.719. The van der Waals surface area contributed by atoms with Gasteiger partial charge in [-0.2, -0.15) is 0 Å². The molecule has 0 unspecified atom stereocenters. The Morgan fingerprint density at radius 1 is 0.233 bits per heavy atom. The zero-order valence-corrected chi connectivity index (χ0v) is 32.8. The first-order valence-corrected chi connectivity index (χ1v) is 20.5. The molecule has 2 heteroatoms. The van der Waals surface area contributed by atoms with Crippen molar-refractivity contribution in [1.82, 2.24) is 9.97 Å². The third-order valence-corrected chi connectivity index (χ3v) is 11.6. The largest absolute Gasteiger partial charge is 0.228 e. The van der Waals surface area contributed by atoms with Crippen molar-refractivity contribution >= 4 is 32.4 Å². The van der Waals surface area contributed by atoms with Crippen LogP contribution in [-0.4, -0.2) is 9.97 Å². The van der Waals surface area contributed by atoms with Gasteiger partial charge in [0.15, 0.2) is 5.82 Å². The Balaban J connectivity index is 0.997. The van der Waals surface area contributed by atoms with Crippen molar-refractivity contribution in [2.75, 3.05) is 0 Å². The number of hydrogen-bond donors (Lipinski definition) is 0. The highest BCUT2D eigenvalue weighted by Gasteiger charge is 2.16. The zero-order valence-electron chi connectivity index (χ0n) is 32.8. The molecule has 0 saturated carbocycles. The first kappa shape index (κ1) is 35.2. The highest BCUT2D eigenvalue weighted by Crippen LogP contribution is 2.38. The normalized spacial score (nSPS) is 11.3. The van der Waals surface area contributed by atoms with Gasteiger partial charge in [-0.05, 0) is 126 Å². The molecule has 0 amide bonds. The van der Waals surface area contributed by atoms with Gasteiger partial charge in [0.2, 0.25) is 0 Å². The molecule has 0 aliphatic heterocycles. The van der Waals surface area contributed by atoms with Gasteiger partial charge >= 0.3 is 0 Å². The highest BCUT2D eigenvalue weighted by atomic mass is 14.9. The molecule has 0 N–H and O–H groups in total. The number of rotatable bonds is 7. The van der Waals surface area contributed by atoms with Crippen molar-refractivity contribution in [3.8, 4) is 78.3 Å². The first-order valence-electron chi connectivity index (χ1n) is 20.5. The molecule has 0 aliphatic carbocycles. The summed E-state index contributed by atoms with van der Waals surface area (Å²) in [7, 11) is 0. The summed E-state index contributed by atoms with van der Waals surface area (Å²) in [4.78, 5) is 10.5. The van der Waals surface area contributed by atoms with Crippen LogP contribution in [0.4, 0.5) is 0 Å². The smallest absolute Gasteiger partial charge is 0.160 e. The van der Waals surface area contributed by atoms with E-state index in [2.05, 4.69) is 231 Å². The third kappa shape index (κ3) is 6.70. The van der Waals surface area contributed by atoms with Gasteiger partial charge in [0, 0.05) is 16.5 Å². The maximum Gasteiger partial charge on any atom is 0.160 e. The molecule has 1 aromatic heterocycles. The van der Waals surface area contributed by atoms with Crippen LogP contribution >= 0.6 is 0 Å². The van der Waals surface area contributed by atoms with E-state index in [-0.39, 0.29) is 0 Å². The van der Waals surface area contributed by atoms with Crippen LogP contribution in [0, 0.1) is 0 Å². The second kappa shape index (κ2) is 15.1. The van der Waals surface area contributed by atoms with Crippen molar-refractivity contribution in [1.29, 1.82) is 0 Å². The van der Waals surface area contributed by atoms with Gasteiger partial charge in [-0.15, -0.1) is 0 Å². The van der Waals surface area contributed by atoms with E-state index in [1.165, 1.54) is 60.7 Å². The van der Waals surface area contributed by atoms with E-state index in [4.69, 9.17) is 9.97 Å². The average molecular weight is 763 g/mol. The van der Waals surface area contributed by atoms with Gasteiger partial charge in [0.05, 0.1) is 11.2 Å². The number of nitrogens with zero attached hydrogens (tertiary/aromatic N) is 2. The van der Waals surface area contributed by atoms with E-state index in [0.29, 0.717) is 0 Å². The minimum atomic E-state index is 0.719. The first-order chi connectivity index (χ1) is 29.7. The van der Waals surface area contributed by atoms with Gasteiger partial charge in [0.1, 0.15) is 0 Å². The number of hydrogen-bond acceptors (Lipinski definition) is 2. The SMILES string of the molecule is c1ccc(-c2cc(-c3ccccc3)cc(-c3cccc(-c4cccc(-c5cccc(-c6nc(-c7ccc8ccccc8c7)nc7ccc8ccccc8c67)c5)c4)c3)c2)cc1. The van der Waals surface area contributed by atoms with Crippen molar-refractivity contribution < 1.29 is 0 Å². The standard InChI is InChI=1S/C58H38N2/c1-3-14-39(15-4-1)51-36-52(40-16-5-2-6-17-40)38-53(37-51)48-25-12-23-46(33-48)44-21-11-22-45(32-44)47-24-13-26-49(34-47)57-56-54-27-10-9-19-42(54)30-31-55(56)59-58(60-57)50-29-28-41-18-7-8-20-43(41)35-50/h1-38H. The van der Waals surface area contributed by atoms with Crippen LogP contribution in [0.15, 0.2) is 231 Å². The number of benzene rings is 10. The molecule has 60 heavy (non-hydrogen) atoms. The zero-order chi connectivity index (χ0) is 39.8. The molecule has 280 valence electrons. The molecule has 0 spiro atoms. The van der Waals surface area contributed by atoms with Crippen LogP contribution in [0.2, 0.25) is 0 Å². The van der Waals surface area contributed by atoms with E-state index in [0.717, 1.165) is 50.1 Å². The summed E-state index contributed by atoms with van der Waals surface area (Å²) >= 11 is 0. The minimum absolute atomic E-state index is 0.719. The van der Waals surface area contributed by atoms with E-state index in [1.54, 1.807) is 0 Å². The van der Waals surface area contributed by atoms with Crippen LogP contribution < -0.4 is 0 Å². The molecular weight excluding hydrogens is 725 g/mol. The lowest BCUT2D eigenvalue weighted by Crippen LogP contribution is -1.96. The predicted molar refractivity (Wildman–Crippen MR) is 253 cm³/mol. The molecular formula is C58H38N2. The van der Waals surface area contributed by atoms with Gasteiger partial charge < -0.3 is 0 Å². The van der Waals surface area contributed by atoms with Crippen LogP contribution in [0.3, 0.4) is 0 Å². The van der Waals surface area contributed by atoms with Crippen molar-refractivity contribution in [3.63, 3.8) is 0 Å². The number of fused-ring (bicyclic) bond motifs is 4. The maximum absolute atomic E-state index is 5.38. The van der Waals surface area contributed by atoms with Crippen molar-refractivity contribution in [2.24, 2.45) is 0 Å². The molecule has 0 bridgehead atoms. The van der Waals surface area contributed by atoms with Gasteiger partial charge in [-0.3, -0.25) is 0 Å². The second-order valence-electron chi connectivity index (χ2n) is 15.4. The molecule has 10 aromatic carbocycles. The Hall–Kier alpha value is -7.94. The Labute approximate surface area is 349 Å². The fraction of sp³-hybridized carbons (Fsp3) is 0. The predicted octanol–water partition coefficient (Wildman–Crippen LogP) is 15.6. The summed E-state index contributed by atoms with van der Waals surface area (Å²) in [5, 5.41) is 5.75. The lowest BCUT2D eigenvalue weighted by Gasteiger charge is -2.14. The molecule has 0 radical (unpaired) electrons. The third-order valence-electron chi connectivity index (χ3n) is 11.6. The molecule has 0 atom stereocenters. The van der Waals surface area contributed by atoms with E-state index >= 15 is 0 Å². The fourth-order valence-electron chi connectivity index (χ4n) is 8.56. The fourth-order valence-corrected chi connectivity index (χ4v) is 8.56. The molecule has 0 aliphatic rings. The summed E-state index contributed by atoms with van der Waals surface area (Å²) in [6.07, 6.45) is 0. The Kier molecular flexibility index (Phi) is 8.87. The highest BCUT2D eigenvalue weighted by molar-refractivity contribution is 6.12. The molecule has 0 fully saturated rings. The molecule has 11 rings (SSSR count). The second-order valence-corrected chi connectivity index (χ2v) is 15.4. The number of aromatic nitrogens is 2. The molecule has 2 nitrogen and oxygen atoms in total. The Bertz CT molecular complexity index is 3310. The lowest BCUT2D eigenvalue weighted by atomic mass is 9.91. The summed E-state index contributed by atoms with van der Waals surface area (Å²) in [5.41, 5.74) is 15.7. The summed E-state index contributed by atoms with van der Waals surface area (Å²) in [6.45, 7) is 0. The van der Waals surface area contributed by atoms with Crippen molar-refractivity contribution in [2.45, 2.75) is 0 Å². The molecule has 0 saturated heterocycles. The average Bonchev–Trinajstić information content (AvgIpc) is 3.34.